The second-order valence-corrected chi connectivity index (χ2v) is 6.82. The van der Waals surface area contributed by atoms with E-state index in [0.717, 1.165) is 50.4 Å². The minimum Gasteiger partial charge on any atom is -0.381 e. The number of aromatic nitrogens is 1. The van der Waals surface area contributed by atoms with Crippen LogP contribution in [0.1, 0.15) is 25.5 Å². The van der Waals surface area contributed by atoms with Gasteiger partial charge in [-0.1, -0.05) is 19.1 Å². The van der Waals surface area contributed by atoms with E-state index in [4.69, 9.17) is 4.74 Å². The molecule has 1 fully saturated rings. The molecule has 134 valence electrons. The van der Waals surface area contributed by atoms with Crippen LogP contribution in [0.3, 0.4) is 0 Å². The molecule has 0 saturated carbocycles. The summed E-state index contributed by atoms with van der Waals surface area (Å²) in [6.07, 6.45) is 2.02. The highest BCUT2D eigenvalue weighted by Crippen LogP contribution is 2.19. The van der Waals surface area contributed by atoms with E-state index in [1.807, 2.05) is 40.7 Å². The van der Waals surface area contributed by atoms with E-state index in [0.29, 0.717) is 11.3 Å². The number of benzene rings is 1. The monoisotopic (exact) mass is 342 g/mol. The molecular formula is C20H26N2O3. The van der Waals surface area contributed by atoms with Crippen molar-refractivity contribution in [2.45, 2.75) is 33.2 Å². The molecular weight excluding hydrogens is 316 g/mol. The molecule has 1 aliphatic heterocycles. The number of hydrogen-bond acceptors (Lipinski definition) is 3. The van der Waals surface area contributed by atoms with Crippen LogP contribution < -0.4 is 5.43 Å². The molecule has 1 saturated heterocycles. The van der Waals surface area contributed by atoms with E-state index in [1.54, 1.807) is 6.07 Å². The molecule has 5 heteroatoms. The summed E-state index contributed by atoms with van der Waals surface area (Å²) in [5.41, 5.74) is 1.65. The fourth-order valence-corrected chi connectivity index (χ4v) is 3.49. The van der Waals surface area contributed by atoms with Gasteiger partial charge in [-0.3, -0.25) is 9.59 Å². The van der Waals surface area contributed by atoms with Crippen LogP contribution in [0.4, 0.5) is 0 Å². The average Bonchev–Trinajstić information content (AvgIpc) is 3.08. The number of ether oxygens (including phenoxy) is 1. The van der Waals surface area contributed by atoms with E-state index in [9.17, 15) is 9.59 Å². The van der Waals surface area contributed by atoms with Gasteiger partial charge >= 0.3 is 0 Å². The molecule has 0 N–H and O–H groups in total. The number of amides is 1. The molecule has 1 aromatic heterocycles. The molecule has 1 amide bonds. The molecule has 1 aromatic carbocycles. The molecule has 2 aromatic rings. The number of rotatable bonds is 6. The molecule has 0 bridgehead atoms. The molecule has 25 heavy (non-hydrogen) atoms. The average molecular weight is 342 g/mol. The lowest BCUT2D eigenvalue weighted by molar-refractivity contribution is -0.130. The molecule has 0 aliphatic carbocycles. The van der Waals surface area contributed by atoms with Crippen LogP contribution in [-0.2, 0) is 16.1 Å². The predicted octanol–water partition coefficient (Wildman–Crippen LogP) is 2.59. The van der Waals surface area contributed by atoms with Gasteiger partial charge in [0, 0.05) is 42.8 Å². The van der Waals surface area contributed by atoms with Crippen molar-refractivity contribution < 1.29 is 9.53 Å². The normalized spacial score (nSPS) is 17.4. The quantitative estimate of drug-likeness (QED) is 0.758. The van der Waals surface area contributed by atoms with Gasteiger partial charge in [0.25, 0.3) is 0 Å². The van der Waals surface area contributed by atoms with E-state index < -0.39 is 0 Å². The Bertz CT molecular complexity index is 812. The zero-order valence-corrected chi connectivity index (χ0v) is 15.0. The summed E-state index contributed by atoms with van der Waals surface area (Å²) in [4.78, 5) is 26.8. The topological polar surface area (TPSA) is 51.5 Å². The molecule has 5 nitrogen and oxygen atoms in total. The van der Waals surface area contributed by atoms with Crippen molar-refractivity contribution in [3.8, 4) is 0 Å². The first-order valence-corrected chi connectivity index (χ1v) is 9.05. The number of nitrogens with zero attached hydrogens (tertiary/aromatic N) is 2. The zero-order valence-electron chi connectivity index (χ0n) is 15.0. The Morgan fingerprint density at radius 1 is 1.32 bits per heavy atom. The summed E-state index contributed by atoms with van der Waals surface area (Å²) in [6.45, 7) is 7.32. The largest absolute Gasteiger partial charge is 0.381 e. The van der Waals surface area contributed by atoms with Crippen LogP contribution in [0.25, 0.3) is 10.9 Å². The Morgan fingerprint density at radius 2 is 2.12 bits per heavy atom. The third-order valence-corrected chi connectivity index (χ3v) is 4.86. The lowest BCUT2D eigenvalue weighted by Crippen LogP contribution is -2.33. The Kier molecular flexibility index (Phi) is 5.53. The van der Waals surface area contributed by atoms with Crippen molar-refractivity contribution in [1.82, 2.24) is 9.47 Å². The maximum Gasteiger partial charge on any atom is 0.242 e. The van der Waals surface area contributed by atoms with E-state index >= 15 is 0 Å². The highest BCUT2D eigenvalue weighted by molar-refractivity contribution is 5.82. The predicted molar refractivity (Wildman–Crippen MR) is 98.7 cm³/mol. The van der Waals surface area contributed by atoms with Crippen LogP contribution >= 0.6 is 0 Å². The SMILES string of the molecule is CCCOCC1CCN(C(=O)Cn2c(C)cc(=O)c3ccccc32)C1. The number of hydrogen-bond donors (Lipinski definition) is 0. The van der Waals surface area contributed by atoms with Gasteiger partial charge in [-0.05, 0) is 31.9 Å². The minimum atomic E-state index is 0.00566. The van der Waals surface area contributed by atoms with Gasteiger partial charge in [0.1, 0.15) is 6.54 Å². The first-order chi connectivity index (χ1) is 12.1. The van der Waals surface area contributed by atoms with Crippen LogP contribution in [0.5, 0.6) is 0 Å². The molecule has 2 heterocycles. The van der Waals surface area contributed by atoms with Crippen molar-refractivity contribution in [3.63, 3.8) is 0 Å². The molecule has 1 atom stereocenters. The fraction of sp³-hybridized carbons (Fsp3) is 0.500. The maximum absolute atomic E-state index is 12.8. The van der Waals surface area contributed by atoms with Crippen LogP contribution in [0, 0.1) is 12.8 Å². The van der Waals surface area contributed by atoms with Gasteiger partial charge < -0.3 is 14.2 Å². The number of carbonyl (C=O) groups excluding carboxylic acids is 1. The van der Waals surface area contributed by atoms with Gasteiger partial charge in [0.15, 0.2) is 5.43 Å². The third kappa shape index (κ3) is 3.93. The number of fused-ring (bicyclic) bond motifs is 1. The molecule has 1 unspecified atom stereocenters. The molecule has 0 spiro atoms. The van der Waals surface area contributed by atoms with Gasteiger partial charge in [0.2, 0.25) is 5.91 Å². The Labute approximate surface area is 148 Å². The Morgan fingerprint density at radius 3 is 2.92 bits per heavy atom. The zero-order chi connectivity index (χ0) is 17.8. The summed E-state index contributed by atoms with van der Waals surface area (Å²) in [6, 6.07) is 9.09. The van der Waals surface area contributed by atoms with Crippen LogP contribution in [0.15, 0.2) is 35.1 Å². The highest BCUT2D eigenvalue weighted by atomic mass is 16.5. The standard InChI is InChI=1S/C20H26N2O3/c1-3-10-25-14-16-8-9-21(12-16)20(24)13-22-15(2)11-19(23)17-6-4-5-7-18(17)22/h4-7,11,16H,3,8-10,12-14H2,1-2H3. The summed E-state index contributed by atoms with van der Waals surface area (Å²) in [5.74, 6) is 0.539. The Hall–Kier alpha value is -2.14. The smallest absolute Gasteiger partial charge is 0.242 e. The molecule has 3 rings (SSSR count). The van der Waals surface area contributed by atoms with Crippen molar-refractivity contribution >= 4 is 16.8 Å². The van der Waals surface area contributed by atoms with Crippen molar-refractivity contribution in [1.29, 1.82) is 0 Å². The second kappa shape index (κ2) is 7.83. The van der Waals surface area contributed by atoms with E-state index in [2.05, 4.69) is 6.92 Å². The van der Waals surface area contributed by atoms with Crippen molar-refractivity contribution in [3.05, 3.63) is 46.2 Å². The number of pyridine rings is 1. The first kappa shape index (κ1) is 17.7. The number of para-hydroxylation sites is 1. The maximum atomic E-state index is 12.8. The fourth-order valence-electron chi connectivity index (χ4n) is 3.49. The number of aryl methyl sites for hydroxylation is 1. The molecule has 0 radical (unpaired) electrons. The lowest BCUT2D eigenvalue weighted by Gasteiger charge is -2.20. The van der Waals surface area contributed by atoms with Crippen LogP contribution in [0.2, 0.25) is 0 Å². The van der Waals surface area contributed by atoms with Crippen LogP contribution in [-0.4, -0.2) is 41.7 Å². The van der Waals surface area contributed by atoms with E-state index in [1.165, 1.54) is 0 Å². The summed E-state index contributed by atoms with van der Waals surface area (Å²) >= 11 is 0. The van der Waals surface area contributed by atoms with Gasteiger partial charge in [0.05, 0.1) is 12.1 Å². The minimum absolute atomic E-state index is 0.00566. The van der Waals surface area contributed by atoms with Gasteiger partial charge in [-0.15, -0.1) is 0 Å². The lowest BCUT2D eigenvalue weighted by atomic mass is 10.1. The summed E-state index contributed by atoms with van der Waals surface area (Å²) in [7, 11) is 0. The van der Waals surface area contributed by atoms with Gasteiger partial charge in [-0.2, -0.15) is 0 Å². The number of carbonyl (C=O) groups is 1. The van der Waals surface area contributed by atoms with Gasteiger partial charge in [-0.25, -0.2) is 0 Å². The second-order valence-electron chi connectivity index (χ2n) is 6.82. The highest BCUT2D eigenvalue weighted by Gasteiger charge is 2.26. The molecule has 1 aliphatic rings. The van der Waals surface area contributed by atoms with Crippen molar-refractivity contribution in [2.24, 2.45) is 5.92 Å². The third-order valence-electron chi connectivity index (χ3n) is 4.86. The Balaban J connectivity index is 1.72. The number of likely N-dealkylation sites (tertiary alicyclic amines) is 1. The van der Waals surface area contributed by atoms with E-state index in [-0.39, 0.29) is 17.9 Å². The summed E-state index contributed by atoms with van der Waals surface area (Å²) < 4.78 is 7.57. The summed E-state index contributed by atoms with van der Waals surface area (Å²) in [5, 5.41) is 0.660. The first-order valence-electron chi connectivity index (χ1n) is 9.05. The van der Waals surface area contributed by atoms with Crippen molar-refractivity contribution in [2.75, 3.05) is 26.3 Å².